The molecule has 1 amide bonds. The van der Waals surface area contributed by atoms with E-state index in [0.717, 1.165) is 30.4 Å². The summed E-state index contributed by atoms with van der Waals surface area (Å²) in [5, 5.41) is 2.67. The number of piperidine rings is 1. The SMILES string of the molecule is CC(C)(C)OC(=O)N1c2c(Cl)cccc2[C@H](ON2C(C)(C)CCCC2(C)C)[C@H]1c1ccccc1. The summed E-state index contributed by atoms with van der Waals surface area (Å²) in [6.45, 7) is 14.5. The molecule has 2 aromatic rings. The van der Waals surface area contributed by atoms with Crippen molar-refractivity contribution in [1.82, 2.24) is 5.06 Å². The lowest BCUT2D eigenvalue weighted by atomic mass is 9.82. The van der Waals surface area contributed by atoms with Gasteiger partial charge in [0, 0.05) is 16.6 Å². The number of hydrogen-bond acceptors (Lipinski definition) is 4. The maximum atomic E-state index is 13.6. The second-order valence-corrected chi connectivity index (χ2v) is 12.1. The number of fused-ring (bicyclic) bond motifs is 1. The first-order valence-corrected chi connectivity index (χ1v) is 12.5. The fraction of sp³-hybridized carbons (Fsp3) is 0.536. The molecule has 4 rings (SSSR count). The molecule has 2 atom stereocenters. The van der Waals surface area contributed by atoms with E-state index in [2.05, 4.69) is 32.8 Å². The van der Waals surface area contributed by atoms with Crippen LogP contribution in [0.4, 0.5) is 10.5 Å². The summed E-state index contributed by atoms with van der Waals surface area (Å²) in [5.41, 5.74) is 1.57. The highest BCUT2D eigenvalue weighted by Gasteiger charge is 2.51. The summed E-state index contributed by atoms with van der Waals surface area (Å²) in [6.07, 6.45) is 2.37. The number of hydrogen-bond donors (Lipinski definition) is 0. The number of ether oxygens (including phenoxy) is 1. The van der Waals surface area contributed by atoms with Gasteiger partial charge in [0.1, 0.15) is 11.7 Å². The fourth-order valence-corrected chi connectivity index (χ4v) is 5.71. The quantitative estimate of drug-likeness (QED) is 0.444. The van der Waals surface area contributed by atoms with Gasteiger partial charge < -0.3 is 4.74 Å². The second kappa shape index (κ2) is 8.85. The minimum Gasteiger partial charge on any atom is -0.443 e. The van der Waals surface area contributed by atoms with Crippen LogP contribution in [0.2, 0.25) is 5.02 Å². The Morgan fingerprint density at radius 2 is 1.59 bits per heavy atom. The Morgan fingerprint density at radius 1 is 0.971 bits per heavy atom. The number of carbonyl (C=O) groups is 1. The number of para-hydroxylation sites is 1. The van der Waals surface area contributed by atoms with Crippen molar-refractivity contribution in [3.05, 3.63) is 64.7 Å². The van der Waals surface area contributed by atoms with Crippen LogP contribution < -0.4 is 4.90 Å². The molecule has 2 aliphatic rings. The zero-order valence-corrected chi connectivity index (χ0v) is 22.1. The molecule has 1 fully saturated rings. The van der Waals surface area contributed by atoms with E-state index in [1.54, 1.807) is 4.90 Å². The predicted molar refractivity (Wildman–Crippen MR) is 137 cm³/mol. The number of hydroxylamine groups is 2. The smallest absolute Gasteiger partial charge is 0.415 e. The normalized spacial score (nSPS) is 24.1. The van der Waals surface area contributed by atoms with Crippen molar-refractivity contribution < 1.29 is 14.4 Å². The topological polar surface area (TPSA) is 42.0 Å². The van der Waals surface area contributed by atoms with Crippen molar-refractivity contribution in [2.45, 2.75) is 96.6 Å². The molecule has 0 aromatic heterocycles. The number of amides is 1. The molecule has 2 aliphatic heterocycles. The molecule has 0 aliphatic carbocycles. The fourth-order valence-electron chi connectivity index (χ4n) is 5.44. The molecule has 6 heteroatoms. The third-order valence-corrected chi connectivity index (χ3v) is 7.06. The Kier molecular flexibility index (Phi) is 6.52. The third-order valence-electron chi connectivity index (χ3n) is 6.76. The first-order valence-electron chi connectivity index (χ1n) is 12.1. The van der Waals surface area contributed by atoms with Crippen LogP contribution in [0.5, 0.6) is 0 Å². The van der Waals surface area contributed by atoms with Crippen molar-refractivity contribution >= 4 is 23.4 Å². The third kappa shape index (κ3) is 4.71. The molecule has 2 aromatic carbocycles. The molecule has 0 bridgehead atoms. The average molecular weight is 485 g/mol. The van der Waals surface area contributed by atoms with Crippen molar-refractivity contribution in [3.63, 3.8) is 0 Å². The zero-order chi connectivity index (χ0) is 24.9. The highest BCUT2D eigenvalue weighted by molar-refractivity contribution is 6.34. The number of halogens is 1. The summed E-state index contributed by atoms with van der Waals surface area (Å²) < 4.78 is 5.86. The molecular weight excluding hydrogens is 448 g/mol. The second-order valence-electron chi connectivity index (χ2n) is 11.7. The Balaban J connectivity index is 1.86. The van der Waals surface area contributed by atoms with Gasteiger partial charge in [0.2, 0.25) is 0 Å². The van der Waals surface area contributed by atoms with Gasteiger partial charge in [-0.05, 0) is 79.4 Å². The van der Waals surface area contributed by atoms with Crippen LogP contribution in [-0.2, 0) is 9.57 Å². The molecule has 0 saturated carbocycles. The van der Waals surface area contributed by atoms with Gasteiger partial charge in [0.05, 0.1) is 16.8 Å². The van der Waals surface area contributed by atoms with Crippen LogP contribution in [0, 0.1) is 0 Å². The summed E-state index contributed by atoms with van der Waals surface area (Å²) in [6, 6.07) is 15.3. The summed E-state index contributed by atoms with van der Waals surface area (Å²) in [5.74, 6) is 0. The number of benzene rings is 2. The predicted octanol–water partition coefficient (Wildman–Crippen LogP) is 7.85. The summed E-state index contributed by atoms with van der Waals surface area (Å²) in [4.78, 5) is 22.3. The van der Waals surface area contributed by atoms with Crippen molar-refractivity contribution in [3.8, 4) is 0 Å². The lowest BCUT2D eigenvalue weighted by Crippen LogP contribution is -2.58. The van der Waals surface area contributed by atoms with E-state index in [0.29, 0.717) is 10.7 Å². The number of nitrogens with zero attached hydrogens (tertiary/aromatic N) is 2. The minimum absolute atomic E-state index is 0.152. The Hall–Kier alpha value is -2.08. The van der Waals surface area contributed by atoms with E-state index < -0.39 is 23.8 Å². The molecule has 0 N–H and O–H groups in total. The Morgan fingerprint density at radius 3 is 2.18 bits per heavy atom. The molecule has 5 nitrogen and oxygen atoms in total. The molecular formula is C28H37ClN2O3. The monoisotopic (exact) mass is 484 g/mol. The highest BCUT2D eigenvalue weighted by atomic mass is 35.5. The summed E-state index contributed by atoms with van der Waals surface area (Å²) >= 11 is 6.73. The number of anilines is 1. The van der Waals surface area contributed by atoms with Gasteiger partial charge in [-0.25, -0.2) is 4.79 Å². The summed E-state index contributed by atoms with van der Waals surface area (Å²) in [7, 11) is 0. The van der Waals surface area contributed by atoms with Gasteiger partial charge in [-0.3, -0.25) is 9.74 Å². The molecule has 2 heterocycles. The maximum Gasteiger partial charge on any atom is 0.415 e. The number of rotatable bonds is 3. The lowest BCUT2D eigenvalue weighted by molar-refractivity contribution is -0.309. The van der Waals surface area contributed by atoms with Crippen molar-refractivity contribution in [2.24, 2.45) is 0 Å². The van der Waals surface area contributed by atoms with Gasteiger partial charge in [0.15, 0.2) is 0 Å². The van der Waals surface area contributed by atoms with E-state index in [1.807, 2.05) is 69.3 Å². The van der Waals surface area contributed by atoms with E-state index >= 15 is 0 Å². The molecule has 34 heavy (non-hydrogen) atoms. The van der Waals surface area contributed by atoms with Gasteiger partial charge >= 0.3 is 6.09 Å². The molecule has 1 saturated heterocycles. The van der Waals surface area contributed by atoms with Crippen LogP contribution in [0.25, 0.3) is 0 Å². The van der Waals surface area contributed by atoms with E-state index in [9.17, 15) is 4.79 Å². The van der Waals surface area contributed by atoms with Gasteiger partial charge in [0.25, 0.3) is 0 Å². The Bertz CT molecular complexity index is 1030. The molecule has 0 spiro atoms. The highest BCUT2D eigenvalue weighted by Crippen LogP contribution is 2.54. The Labute approximate surface area is 208 Å². The molecule has 0 radical (unpaired) electrons. The first-order chi connectivity index (χ1) is 15.8. The van der Waals surface area contributed by atoms with Crippen molar-refractivity contribution in [1.29, 1.82) is 0 Å². The van der Waals surface area contributed by atoms with Gasteiger partial charge in [-0.2, -0.15) is 5.06 Å². The minimum atomic E-state index is -0.643. The molecule has 184 valence electrons. The van der Waals surface area contributed by atoms with Crippen molar-refractivity contribution in [2.75, 3.05) is 4.90 Å². The van der Waals surface area contributed by atoms with E-state index in [4.69, 9.17) is 21.2 Å². The van der Waals surface area contributed by atoms with Crippen LogP contribution >= 0.6 is 11.6 Å². The van der Waals surface area contributed by atoms with E-state index in [1.165, 1.54) is 0 Å². The average Bonchev–Trinajstić information content (AvgIpc) is 3.05. The standard InChI is InChI=1S/C28H37ClN2O3/c1-26(2,3)33-25(32)30-22(19-13-9-8-10-14-19)24(20-15-11-16-21(29)23(20)30)34-31-27(4,5)17-12-18-28(31,6)7/h8-11,13-16,22,24H,12,17-18H2,1-7H3/t22-,24+/m1/s1. The van der Waals surface area contributed by atoms with Crippen LogP contribution in [0.1, 0.15) is 91.0 Å². The number of carbonyl (C=O) groups excluding carboxylic acids is 1. The van der Waals surface area contributed by atoms with Gasteiger partial charge in [-0.15, -0.1) is 0 Å². The van der Waals surface area contributed by atoms with Crippen LogP contribution in [0.3, 0.4) is 0 Å². The van der Waals surface area contributed by atoms with Crippen LogP contribution in [0.15, 0.2) is 48.5 Å². The van der Waals surface area contributed by atoms with E-state index in [-0.39, 0.29) is 11.1 Å². The molecule has 0 unspecified atom stereocenters. The zero-order valence-electron chi connectivity index (χ0n) is 21.4. The maximum absolute atomic E-state index is 13.6. The van der Waals surface area contributed by atoms with Gasteiger partial charge in [-0.1, -0.05) is 54.1 Å². The lowest BCUT2D eigenvalue weighted by Gasteiger charge is -2.52. The largest absolute Gasteiger partial charge is 0.443 e. The van der Waals surface area contributed by atoms with Crippen LogP contribution in [-0.4, -0.2) is 27.8 Å². The first kappa shape index (κ1) is 25.0.